The fourth-order valence-corrected chi connectivity index (χ4v) is 6.40. The lowest BCUT2D eigenvalue weighted by Crippen LogP contribution is -2.31. The second kappa shape index (κ2) is 11.5. The van der Waals surface area contributed by atoms with E-state index in [0.717, 1.165) is 27.8 Å². The molecule has 0 radical (unpaired) electrons. The third-order valence-corrected chi connectivity index (χ3v) is 8.72. The van der Waals surface area contributed by atoms with Gasteiger partial charge in [0.2, 0.25) is 0 Å². The Morgan fingerprint density at radius 1 is 1.11 bits per heavy atom. The Hall–Kier alpha value is -3.41. The largest absolute Gasteiger partial charge is 0.497 e. The van der Waals surface area contributed by atoms with Gasteiger partial charge in [-0.05, 0) is 48.9 Å². The molecule has 0 amide bonds. The molecule has 38 heavy (non-hydrogen) atoms. The smallest absolute Gasteiger partial charge is 0.269 e. The van der Waals surface area contributed by atoms with Crippen molar-refractivity contribution in [2.75, 3.05) is 23.8 Å². The van der Waals surface area contributed by atoms with E-state index in [-0.39, 0.29) is 22.4 Å². The summed E-state index contributed by atoms with van der Waals surface area (Å²) in [4.78, 5) is 3.53. The molecular weight excluding hydrogens is 556 g/mol. The van der Waals surface area contributed by atoms with Crippen molar-refractivity contribution in [3.05, 3.63) is 94.0 Å². The molecule has 12 heteroatoms. The van der Waals surface area contributed by atoms with Gasteiger partial charge in [0, 0.05) is 29.2 Å². The number of rotatable bonds is 10. The fourth-order valence-electron chi connectivity index (χ4n) is 3.78. The molecule has 0 aliphatic carbocycles. The molecule has 0 bridgehead atoms. The number of sulfonamides is 1. The van der Waals surface area contributed by atoms with Crippen LogP contribution < -0.4 is 19.1 Å². The van der Waals surface area contributed by atoms with Crippen molar-refractivity contribution in [2.24, 2.45) is 0 Å². The second-order valence-corrected chi connectivity index (χ2v) is 11.3. The minimum absolute atomic E-state index is 0.0191. The van der Waals surface area contributed by atoms with Gasteiger partial charge in [-0.2, -0.15) is 0 Å². The van der Waals surface area contributed by atoms with Crippen molar-refractivity contribution in [2.45, 2.75) is 24.4 Å². The molecule has 1 heterocycles. The number of methoxy groups -OCH3 is 2. The van der Waals surface area contributed by atoms with Crippen LogP contribution in [0.3, 0.4) is 0 Å². The summed E-state index contributed by atoms with van der Waals surface area (Å²) in [5.74, 6) is -0.495. The summed E-state index contributed by atoms with van der Waals surface area (Å²) in [7, 11) is -1.50. The van der Waals surface area contributed by atoms with Gasteiger partial charge < -0.3 is 14.8 Å². The van der Waals surface area contributed by atoms with Crippen molar-refractivity contribution >= 4 is 43.8 Å². The lowest BCUT2D eigenvalue weighted by atomic mass is 10.1. The van der Waals surface area contributed by atoms with Gasteiger partial charge in [0.15, 0.2) is 5.13 Å². The van der Waals surface area contributed by atoms with E-state index >= 15 is 4.39 Å². The minimum atomic E-state index is -4.46. The van der Waals surface area contributed by atoms with E-state index in [0.29, 0.717) is 22.6 Å². The van der Waals surface area contributed by atoms with Gasteiger partial charge in [-0.1, -0.05) is 23.7 Å². The molecule has 200 valence electrons. The summed E-state index contributed by atoms with van der Waals surface area (Å²) in [6.45, 7) is 1.57. The van der Waals surface area contributed by atoms with Crippen molar-refractivity contribution in [3.63, 3.8) is 0 Å². The number of halogens is 3. The number of anilines is 2. The first-order chi connectivity index (χ1) is 18.1. The van der Waals surface area contributed by atoms with Gasteiger partial charge in [0.25, 0.3) is 10.0 Å². The molecule has 4 aromatic rings. The first-order valence-corrected chi connectivity index (χ1v) is 14.0. The zero-order chi connectivity index (χ0) is 27.4. The Labute approximate surface area is 228 Å². The highest BCUT2D eigenvalue weighted by Crippen LogP contribution is 2.36. The lowest BCUT2D eigenvalue weighted by molar-refractivity contribution is 0.391. The molecule has 3 aromatic carbocycles. The number of benzene rings is 3. The highest BCUT2D eigenvalue weighted by atomic mass is 35.5. The molecule has 4 rings (SSSR count). The van der Waals surface area contributed by atoms with Crippen LogP contribution in [0.4, 0.5) is 19.6 Å². The highest BCUT2D eigenvalue weighted by molar-refractivity contribution is 7.93. The quantitative estimate of drug-likeness (QED) is 0.226. The topological polar surface area (TPSA) is 80.8 Å². The molecule has 0 saturated carbocycles. The molecule has 0 aliphatic rings. The Bertz CT molecular complexity index is 1540. The molecule has 0 saturated heterocycles. The number of thiazole rings is 1. The molecule has 1 atom stereocenters. The number of hydrogen-bond acceptors (Lipinski definition) is 7. The maximum absolute atomic E-state index is 15.4. The molecule has 1 N–H and O–H groups in total. The normalized spacial score (nSPS) is 12.2. The van der Waals surface area contributed by atoms with Crippen LogP contribution in [0.15, 0.2) is 71.1 Å². The summed E-state index contributed by atoms with van der Waals surface area (Å²) in [5, 5.41) is 4.75. The van der Waals surface area contributed by atoms with Crippen molar-refractivity contribution < 1.29 is 26.7 Å². The van der Waals surface area contributed by atoms with Gasteiger partial charge in [-0.3, -0.25) is 0 Å². The fraction of sp³-hybridized carbons (Fsp3) is 0.192. The van der Waals surface area contributed by atoms with Crippen molar-refractivity contribution in [1.29, 1.82) is 0 Å². The van der Waals surface area contributed by atoms with Crippen LogP contribution >= 0.6 is 22.9 Å². The average molecular weight is 580 g/mol. The zero-order valence-corrected chi connectivity index (χ0v) is 23.0. The minimum Gasteiger partial charge on any atom is -0.497 e. The van der Waals surface area contributed by atoms with Crippen LogP contribution in [0.1, 0.15) is 24.1 Å². The monoisotopic (exact) mass is 579 g/mol. The van der Waals surface area contributed by atoms with E-state index in [1.54, 1.807) is 42.6 Å². The van der Waals surface area contributed by atoms with E-state index in [1.807, 2.05) is 0 Å². The van der Waals surface area contributed by atoms with Crippen LogP contribution in [-0.4, -0.2) is 27.6 Å². The Kier molecular flexibility index (Phi) is 8.39. The van der Waals surface area contributed by atoms with E-state index in [2.05, 4.69) is 10.3 Å². The maximum Gasteiger partial charge on any atom is 0.269 e. The number of nitrogens with zero attached hydrogens (tertiary/aromatic N) is 2. The summed E-state index contributed by atoms with van der Waals surface area (Å²) >= 11 is 7.49. The molecule has 0 fully saturated rings. The van der Waals surface area contributed by atoms with Gasteiger partial charge in [-0.15, -0.1) is 11.3 Å². The highest BCUT2D eigenvalue weighted by Gasteiger charge is 2.32. The Morgan fingerprint density at radius 2 is 1.89 bits per heavy atom. The molecule has 0 spiro atoms. The average Bonchev–Trinajstić information content (AvgIpc) is 3.43. The van der Waals surface area contributed by atoms with Gasteiger partial charge in [-0.25, -0.2) is 26.5 Å². The predicted octanol–water partition coefficient (Wildman–Crippen LogP) is 6.66. The Balaban J connectivity index is 1.70. The molecule has 1 aromatic heterocycles. The van der Waals surface area contributed by atoms with Crippen LogP contribution in [0.25, 0.3) is 0 Å². The van der Waals surface area contributed by atoms with Crippen LogP contribution in [0, 0.1) is 11.6 Å². The molecule has 0 aliphatic heterocycles. The maximum atomic E-state index is 15.4. The van der Waals surface area contributed by atoms with E-state index in [4.69, 9.17) is 21.1 Å². The number of nitrogens with one attached hydrogen (secondary N) is 1. The first-order valence-electron chi connectivity index (χ1n) is 11.3. The first kappa shape index (κ1) is 27.6. The molecule has 0 unspecified atom stereocenters. The van der Waals surface area contributed by atoms with Gasteiger partial charge in [0.1, 0.15) is 28.0 Å². The molecule has 7 nitrogen and oxygen atoms in total. The van der Waals surface area contributed by atoms with Crippen molar-refractivity contribution in [1.82, 2.24) is 4.98 Å². The van der Waals surface area contributed by atoms with Gasteiger partial charge >= 0.3 is 0 Å². The third kappa shape index (κ3) is 5.85. The summed E-state index contributed by atoms with van der Waals surface area (Å²) < 4.78 is 68.2. The van der Waals surface area contributed by atoms with E-state index in [1.165, 1.54) is 32.5 Å². The standard InChI is InChI=1S/C26H24ClF2N3O4S2/c1-16(17-5-4-6-19(28)11-17)31-23-14-22(29)25(13-21(23)27)38(33,34)32(26-30-9-10-37-26)15-18-7-8-20(35-2)12-24(18)36-3/h4-14,16,31H,15H2,1-3H3/t16-/m0/s1. The van der Waals surface area contributed by atoms with Crippen LogP contribution in [-0.2, 0) is 16.6 Å². The van der Waals surface area contributed by atoms with E-state index < -0.39 is 32.6 Å². The van der Waals surface area contributed by atoms with Crippen LogP contribution in [0.5, 0.6) is 11.5 Å². The Morgan fingerprint density at radius 3 is 2.55 bits per heavy atom. The summed E-state index contributed by atoms with van der Waals surface area (Å²) in [5.41, 5.74) is 1.29. The van der Waals surface area contributed by atoms with E-state index in [9.17, 15) is 12.8 Å². The molecular formula is C26H24ClF2N3O4S2. The SMILES string of the molecule is COc1ccc(CN(c2nccs2)S(=O)(=O)c2cc(Cl)c(N[C@@H](C)c3cccc(F)c3)cc2F)c(OC)c1. The zero-order valence-electron chi connectivity index (χ0n) is 20.6. The number of hydrogen-bond donors (Lipinski definition) is 1. The summed E-state index contributed by atoms with van der Waals surface area (Å²) in [6, 6.07) is 12.5. The van der Waals surface area contributed by atoms with Crippen molar-refractivity contribution in [3.8, 4) is 11.5 Å². The second-order valence-electron chi connectivity index (χ2n) is 8.19. The van der Waals surface area contributed by atoms with Crippen LogP contribution in [0.2, 0.25) is 5.02 Å². The lowest BCUT2D eigenvalue weighted by Gasteiger charge is -2.24. The third-order valence-electron chi connectivity index (χ3n) is 5.75. The van der Waals surface area contributed by atoms with Gasteiger partial charge in [0.05, 0.1) is 31.5 Å². The number of ether oxygens (including phenoxy) is 2. The summed E-state index contributed by atoms with van der Waals surface area (Å²) in [6.07, 6.45) is 1.46. The number of aromatic nitrogens is 1. The predicted molar refractivity (Wildman–Crippen MR) is 145 cm³/mol.